The average molecular weight is 590 g/mol. The maximum absolute atomic E-state index is 12.5. The van der Waals surface area contributed by atoms with Crippen LogP contribution >= 0.6 is 0 Å². The Morgan fingerprint density at radius 3 is 2.48 bits per heavy atom. The van der Waals surface area contributed by atoms with Gasteiger partial charge in [0.05, 0.1) is 32.8 Å². The fourth-order valence-corrected chi connectivity index (χ4v) is 9.65. The number of hydrogen-bond donors (Lipinski definition) is 2. The van der Waals surface area contributed by atoms with E-state index >= 15 is 0 Å². The molecule has 0 aliphatic heterocycles. The second kappa shape index (κ2) is 14.9. The molecule has 1 unspecified atom stereocenters. The fraction of sp³-hybridized carbons (Fsp3) is 0.886. The lowest BCUT2D eigenvalue weighted by Crippen LogP contribution is -2.51. The van der Waals surface area contributed by atoms with Gasteiger partial charge in [0.25, 0.3) is 0 Å². The summed E-state index contributed by atoms with van der Waals surface area (Å²) >= 11 is 0. The number of fused-ring (bicyclic) bond motifs is 5. The standard InChI is InChI=1S/C35H59NO6/c1-24(2)7-6-8-25(3)29-11-12-30-28-10-9-26-23-27(13-16-34(26,4)31(28)14-17-35(29,30)5)42-33(39)36-18-20-41-22-21-40-19-15-32(37)38/h9,24-25,27-31H,6-8,10-23H2,1-5H3,(H,36,39)(H,37,38)/t25-,27+,28+,29-,30+,31?,34+,35-/m1/s1. The Bertz CT molecular complexity index is 934. The van der Waals surface area contributed by atoms with Crippen molar-refractivity contribution in [2.75, 3.05) is 33.0 Å². The van der Waals surface area contributed by atoms with Crippen molar-refractivity contribution in [1.29, 1.82) is 0 Å². The first-order valence-electron chi connectivity index (χ1n) is 17.1. The molecule has 0 saturated heterocycles. The number of rotatable bonds is 15. The molecule has 0 aromatic heterocycles. The van der Waals surface area contributed by atoms with Crippen LogP contribution in [-0.4, -0.2) is 56.2 Å². The van der Waals surface area contributed by atoms with Gasteiger partial charge in [0.1, 0.15) is 6.10 Å². The Balaban J connectivity index is 1.22. The zero-order chi connectivity index (χ0) is 30.3. The highest BCUT2D eigenvalue weighted by atomic mass is 16.6. The van der Waals surface area contributed by atoms with Crippen LogP contribution in [0.1, 0.15) is 112 Å². The zero-order valence-corrected chi connectivity index (χ0v) is 27.1. The number of carboxylic acid groups (broad SMARTS) is 1. The maximum Gasteiger partial charge on any atom is 0.407 e. The number of carboxylic acids is 1. The molecule has 0 aromatic carbocycles. The summed E-state index contributed by atoms with van der Waals surface area (Å²) in [5.41, 5.74) is 2.30. The van der Waals surface area contributed by atoms with Gasteiger partial charge in [-0.3, -0.25) is 4.79 Å². The van der Waals surface area contributed by atoms with Gasteiger partial charge in [0.2, 0.25) is 0 Å². The van der Waals surface area contributed by atoms with Crippen molar-refractivity contribution in [2.45, 2.75) is 118 Å². The van der Waals surface area contributed by atoms with Crippen molar-refractivity contribution >= 4 is 12.1 Å². The minimum Gasteiger partial charge on any atom is -0.481 e. The second-order valence-corrected chi connectivity index (χ2v) is 14.9. The van der Waals surface area contributed by atoms with Crippen LogP contribution in [0.4, 0.5) is 4.79 Å². The number of hydrogen-bond acceptors (Lipinski definition) is 5. The van der Waals surface area contributed by atoms with Crippen molar-refractivity contribution in [2.24, 2.45) is 46.3 Å². The Morgan fingerprint density at radius 1 is 0.976 bits per heavy atom. The zero-order valence-electron chi connectivity index (χ0n) is 27.1. The molecule has 4 rings (SSSR count). The summed E-state index contributed by atoms with van der Waals surface area (Å²) in [7, 11) is 0. The van der Waals surface area contributed by atoms with E-state index in [1.54, 1.807) is 5.57 Å². The molecule has 8 atom stereocenters. The van der Waals surface area contributed by atoms with Crippen LogP contribution in [0, 0.1) is 46.3 Å². The Morgan fingerprint density at radius 2 is 1.74 bits per heavy atom. The molecule has 0 heterocycles. The number of amides is 1. The van der Waals surface area contributed by atoms with Crippen LogP contribution in [-0.2, 0) is 19.0 Å². The van der Waals surface area contributed by atoms with Crippen LogP contribution < -0.4 is 5.32 Å². The second-order valence-electron chi connectivity index (χ2n) is 14.9. The third-order valence-corrected chi connectivity index (χ3v) is 11.9. The lowest BCUT2D eigenvalue weighted by molar-refractivity contribution is -0.138. The molecular weight excluding hydrogens is 530 g/mol. The molecule has 3 saturated carbocycles. The molecular formula is C35H59NO6. The van der Waals surface area contributed by atoms with Crippen molar-refractivity contribution in [3.8, 4) is 0 Å². The van der Waals surface area contributed by atoms with Gasteiger partial charge < -0.3 is 24.6 Å². The van der Waals surface area contributed by atoms with Crippen LogP contribution in [0.2, 0.25) is 0 Å². The van der Waals surface area contributed by atoms with E-state index in [-0.39, 0.29) is 30.6 Å². The lowest BCUT2D eigenvalue weighted by Gasteiger charge is -2.58. The molecule has 2 N–H and O–H groups in total. The van der Waals surface area contributed by atoms with Gasteiger partial charge in [-0.05, 0) is 91.3 Å². The highest BCUT2D eigenvalue weighted by Crippen LogP contribution is 2.67. The van der Waals surface area contributed by atoms with Gasteiger partial charge in [-0.15, -0.1) is 0 Å². The quantitative estimate of drug-likeness (QED) is 0.151. The summed E-state index contributed by atoms with van der Waals surface area (Å²) in [5.74, 6) is 4.12. The largest absolute Gasteiger partial charge is 0.481 e. The number of aliphatic carboxylic acids is 1. The molecule has 42 heavy (non-hydrogen) atoms. The average Bonchev–Trinajstić information content (AvgIpc) is 3.29. The van der Waals surface area contributed by atoms with Crippen molar-refractivity contribution < 1.29 is 28.9 Å². The monoisotopic (exact) mass is 589 g/mol. The number of ether oxygens (including phenoxy) is 3. The number of carbonyl (C=O) groups excluding carboxylic acids is 1. The fourth-order valence-electron chi connectivity index (χ4n) is 9.65. The third kappa shape index (κ3) is 7.91. The van der Waals surface area contributed by atoms with Gasteiger partial charge in [-0.25, -0.2) is 4.79 Å². The van der Waals surface area contributed by atoms with Crippen molar-refractivity contribution in [1.82, 2.24) is 5.32 Å². The van der Waals surface area contributed by atoms with E-state index in [1.165, 1.54) is 51.4 Å². The molecule has 3 fully saturated rings. The van der Waals surface area contributed by atoms with Crippen LogP contribution in [0.3, 0.4) is 0 Å². The summed E-state index contributed by atoms with van der Waals surface area (Å²) < 4.78 is 16.5. The molecule has 240 valence electrons. The topological polar surface area (TPSA) is 94.1 Å². The highest BCUT2D eigenvalue weighted by Gasteiger charge is 2.59. The minimum atomic E-state index is -0.873. The lowest BCUT2D eigenvalue weighted by atomic mass is 9.47. The number of nitrogens with one attached hydrogen (secondary N) is 1. The molecule has 1 amide bonds. The van der Waals surface area contributed by atoms with Crippen LogP contribution in [0.15, 0.2) is 11.6 Å². The normalized spacial score (nSPS) is 34.6. The predicted octanol–water partition coefficient (Wildman–Crippen LogP) is 7.63. The molecule has 0 aromatic rings. The van der Waals surface area contributed by atoms with Crippen molar-refractivity contribution in [3.63, 3.8) is 0 Å². The molecule has 7 nitrogen and oxygen atoms in total. The number of alkyl carbamates (subject to hydrolysis) is 1. The van der Waals surface area contributed by atoms with E-state index in [2.05, 4.69) is 46.0 Å². The van der Waals surface area contributed by atoms with E-state index in [1.807, 2.05) is 0 Å². The smallest absolute Gasteiger partial charge is 0.407 e. The van der Waals surface area contributed by atoms with E-state index in [4.69, 9.17) is 19.3 Å². The molecule has 4 aliphatic carbocycles. The first kappa shape index (κ1) is 33.3. The molecule has 4 aliphatic rings. The van der Waals surface area contributed by atoms with Gasteiger partial charge in [-0.1, -0.05) is 65.5 Å². The van der Waals surface area contributed by atoms with Gasteiger partial charge in [0.15, 0.2) is 0 Å². The van der Waals surface area contributed by atoms with E-state index < -0.39 is 5.97 Å². The first-order valence-corrected chi connectivity index (χ1v) is 17.1. The number of allylic oxidation sites excluding steroid dienone is 1. The van der Waals surface area contributed by atoms with Crippen molar-refractivity contribution in [3.05, 3.63) is 11.6 Å². The first-order chi connectivity index (χ1) is 20.0. The maximum atomic E-state index is 12.5. The Kier molecular flexibility index (Phi) is 11.8. The summed E-state index contributed by atoms with van der Waals surface area (Å²) in [6.07, 6.45) is 16.0. The van der Waals surface area contributed by atoms with Gasteiger partial charge in [0, 0.05) is 13.0 Å². The number of carbonyl (C=O) groups is 2. The van der Waals surface area contributed by atoms with Gasteiger partial charge in [-0.2, -0.15) is 0 Å². The van der Waals surface area contributed by atoms with Crippen LogP contribution in [0.25, 0.3) is 0 Å². The Hall–Kier alpha value is -1.60. The molecule has 0 bridgehead atoms. The Labute approximate surface area is 254 Å². The molecule has 0 radical (unpaired) electrons. The van der Waals surface area contributed by atoms with E-state index in [9.17, 15) is 9.59 Å². The predicted molar refractivity (Wildman–Crippen MR) is 165 cm³/mol. The van der Waals surface area contributed by atoms with Crippen LogP contribution in [0.5, 0.6) is 0 Å². The molecule has 0 spiro atoms. The minimum absolute atomic E-state index is 0.00957. The summed E-state index contributed by atoms with van der Waals surface area (Å²) in [6.45, 7) is 14.1. The summed E-state index contributed by atoms with van der Waals surface area (Å²) in [4.78, 5) is 22.9. The van der Waals surface area contributed by atoms with E-state index in [0.717, 1.165) is 54.8 Å². The summed E-state index contributed by atoms with van der Waals surface area (Å²) in [6, 6.07) is 0. The highest BCUT2D eigenvalue weighted by molar-refractivity contribution is 5.67. The summed E-state index contributed by atoms with van der Waals surface area (Å²) in [5, 5.41) is 11.4. The SMILES string of the molecule is CC(C)CCC[C@@H](C)[C@H]1CC[C@H]2[C@@H]3CC=C4C[C@@H](OC(=O)NCCOCCOCCC(=O)O)CC[C@]4(C)C3CC[C@]12C. The molecule has 7 heteroatoms. The van der Waals surface area contributed by atoms with E-state index in [0.29, 0.717) is 31.8 Å². The van der Waals surface area contributed by atoms with Gasteiger partial charge >= 0.3 is 12.1 Å². The third-order valence-electron chi connectivity index (χ3n) is 11.9.